The molecule has 2 aliphatic rings. The normalized spacial score (nSPS) is 21.0. The van der Waals surface area contributed by atoms with Gasteiger partial charge in [0.25, 0.3) is 10.0 Å². The summed E-state index contributed by atoms with van der Waals surface area (Å²) in [5, 5.41) is 10.4. The van der Waals surface area contributed by atoms with Gasteiger partial charge in [0.1, 0.15) is 4.90 Å². The summed E-state index contributed by atoms with van der Waals surface area (Å²) < 4.78 is 54.5. The van der Waals surface area contributed by atoms with Gasteiger partial charge in [-0.05, 0) is 65.1 Å². The number of benzene rings is 4. The highest BCUT2D eigenvalue weighted by Crippen LogP contribution is 2.43. The molecule has 10 nitrogen and oxygen atoms in total. The van der Waals surface area contributed by atoms with Crippen LogP contribution >= 0.6 is 0 Å². The maximum absolute atomic E-state index is 13.6. The van der Waals surface area contributed by atoms with Gasteiger partial charge in [-0.25, -0.2) is 8.42 Å². The molecule has 2 aliphatic heterocycles. The number of aliphatic hydroxyl groups is 1. The first-order valence-electron chi connectivity index (χ1n) is 16.7. The van der Waals surface area contributed by atoms with Crippen LogP contribution in [0.5, 0.6) is 11.5 Å². The molecule has 1 saturated heterocycles. The molecule has 4 aromatic carbocycles. The average Bonchev–Trinajstić information content (AvgIpc) is 3.14. The van der Waals surface area contributed by atoms with E-state index in [1.54, 1.807) is 56.8 Å². The Morgan fingerprint density at radius 1 is 0.900 bits per heavy atom. The molecule has 0 aliphatic carbocycles. The number of ether oxygens (including phenoxy) is 4. The van der Waals surface area contributed by atoms with Crippen molar-refractivity contribution >= 4 is 26.6 Å². The van der Waals surface area contributed by atoms with Crippen LogP contribution < -0.4 is 14.2 Å². The van der Waals surface area contributed by atoms with Crippen molar-refractivity contribution in [2.75, 3.05) is 32.0 Å². The van der Waals surface area contributed by atoms with Gasteiger partial charge in [-0.15, -0.1) is 0 Å². The lowest BCUT2D eigenvalue weighted by atomic mass is 9.89. The third-order valence-corrected chi connectivity index (χ3v) is 11.1. The van der Waals surface area contributed by atoms with E-state index in [2.05, 4.69) is 33.7 Å². The van der Waals surface area contributed by atoms with E-state index in [4.69, 9.17) is 18.9 Å². The molecule has 2 N–H and O–H groups in total. The molecular weight excluding hydrogens is 655 g/mol. The third kappa shape index (κ3) is 6.92. The Bertz CT molecular complexity index is 2080. The summed E-state index contributed by atoms with van der Waals surface area (Å²) in [6.45, 7) is 4.36. The Hall–Kier alpha value is -4.52. The molecule has 0 radical (unpaired) electrons. The molecule has 0 saturated carbocycles. The molecule has 50 heavy (non-hydrogen) atoms. The van der Waals surface area contributed by atoms with Gasteiger partial charge < -0.3 is 24.1 Å². The number of para-hydroxylation sites is 1. The van der Waals surface area contributed by atoms with Gasteiger partial charge >= 0.3 is 0 Å². The monoisotopic (exact) mass is 695 g/mol. The number of pyridine rings is 1. The molecule has 260 valence electrons. The number of methoxy groups -OCH3 is 2. The van der Waals surface area contributed by atoms with Crippen LogP contribution in [0, 0.1) is 5.92 Å². The Balaban J connectivity index is 1.16. The van der Waals surface area contributed by atoms with Crippen LogP contribution in [0.3, 0.4) is 0 Å². The first-order valence-corrected chi connectivity index (χ1v) is 18.2. The molecule has 0 amide bonds. The second-order valence-electron chi connectivity index (χ2n) is 12.8. The molecule has 1 fully saturated rings. The number of hydrogen-bond acceptors (Lipinski definition) is 9. The third-order valence-electron chi connectivity index (χ3n) is 9.65. The summed E-state index contributed by atoms with van der Waals surface area (Å²) in [6, 6.07) is 27.8. The minimum absolute atomic E-state index is 0.0152. The summed E-state index contributed by atoms with van der Waals surface area (Å²) in [5.41, 5.74) is 5.73. The van der Waals surface area contributed by atoms with Crippen LogP contribution in [-0.4, -0.2) is 56.8 Å². The molecule has 1 unspecified atom stereocenters. The topological polar surface area (TPSA) is 119 Å². The van der Waals surface area contributed by atoms with Crippen LogP contribution in [0.25, 0.3) is 10.9 Å². The number of aliphatic hydroxyl groups excluding tert-OH is 1. The number of nitrogens with zero attached hydrogens (tertiary/aromatic N) is 2. The van der Waals surface area contributed by atoms with Gasteiger partial charge in [-0.1, -0.05) is 61.5 Å². The average molecular weight is 696 g/mol. The number of sulfonamides is 1. The van der Waals surface area contributed by atoms with E-state index in [0.29, 0.717) is 29.1 Å². The van der Waals surface area contributed by atoms with Crippen molar-refractivity contribution in [2.45, 2.75) is 49.9 Å². The van der Waals surface area contributed by atoms with Crippen LogP contribution in [0.2, 0.25) is 0 Å². The zero-order valence-corrected chi connectivity index (χ0v) is 29.1. The maximum Gasteiger partial charge on any atom is 0.264 e. The van der Waals surface area contributed by atoms with Gasteiger partial charge in [0.15, 0.2) is 17.8 Å². The van der Waals surface area contributed by atoms with Gasteiger partial charge in [0.2, 0.25) is 0 Å². The summed E-state index contributed by atoms with van der Waals surface area (Å²) in [6.07, 6.45) is 1.18. The van der Waals surface area contributed by atoms with Crippen LogP contribution in [0.4, 0.5) is 5.69 Å². The lowest BCUT2D eigenvalue weighted by Crippen LogP contribution is -2.45. The van der Waals surface area contributed by atoms with Crippen molar-refractivity contribution in [3.63, 3.8) is 0 Å². The second kappa shape index (κ2) is 14.4. The van der Waals surface area contributed by atoms with Crippen LogP contribution in [-0.2, 0) is 39.1 Å². The maximum atomic E-state index is 13.6. The number of rotatable bonds is 10. The molecule has 3 heterocycles. The number of fused-ring (bicyclic) bond motifs is 2. The zero-order chi connectivity index (χ0) is 34.8. The number of nitrogens with one attached hydrogen (secondary N) is 1. The smallest absolute Gasteiger partial charge is 0.264 e. The fourth-order valence-corrected chi connectivity index (χ4v) is 8.16. The minimum atomic E-state index is -3.96. The highest BCUT2D eigenvalue weighted by atomic mass is 32.2. The van der Waals surface area contributed by atoms with Crippen molar-refractivity contribution in [3.05, 3.63) is 125 Å². The van der Waals surface area contributed by atoms with E-state index in [-0.39, 0.29) is 29.6 Å². The van der Waals surface area contributed by atoms with Crippen molar-refractivity contribution in [2.24, 2.45) is 5.92 Å². The molecule has 0 spiro atoms. The standard InChI is InChI=1S/C39H41N3O7S/c1-25-35(23-42-18-16-29-20-33(46-2)34(47-3)21-31(29)22-42)48-39(49-38(25)28-14-12-26(24-43)13-15-28)30-8-4-10-32(19-30)41-50(44,45)36-11-5-7-27-9-6-17-40-37(27)36/h4-15,17,19-21,25,35,38-39,41,43H,16,18,22-24H2,1-3H3/t25-,35+,38+,39?/m0/s1. The largest absolute Gasteiger partial charge is 0.493 e. The van der Waals surface area contributed by atoms with E-state index in [0.717, 1.165) is 41.8 Å². The van der Waals surface area contributed by atoms with Crippen molar-refractivity contribution in [1.82, 2.24) is 9.88 Å². The lowest BCUT2D eigenvalue weighted by molar-refractivity contribution is -0.276. The SMILES string of the molecule is COc1cc2c(cc1OC)CN(C[C@H]1OC(c3cccc(NS(=O)(=O)c4cccc5cccnc45)c3)O[C@@H](c3ccc(CO)cc3)[C@H]1C)CC2. The van der Waals surface area contributed by atoms with E-state index in [1.807, 2.05) is 42.5 Å². The van der Waals surface area contributed by atoms with E-state index < -0.39 is 16.3 Å². The molecular formula is C39H41N3O7S. The quantitative estimate of drug-likeness (QED) is 0.171. The number of anilines is 1. The van der Waals surface area contributed by atoms with Crippen molar-refractivity contribution < 1.29 is 32.5 Å². The fourth-order valence-electron chi connectivity index (χ4n) is 6.93. The van der Waals surface area contributed by atoms with Crippen molar-refractivity contribution in [3.8, 4) is 11.5 Å². The summed E-state index contributed by atoms with van der Waals surface area (Å²) in [7, 11) is -0.656. The van der Waals surface area contributed by atoms with E-state index >= 15 is 0 Å². The first-order chi connectivity index (χ1) is 24.3. The Labute approximate surface area is 292 Å². The van der Waals surface area contributed by atoms with Gasteiger partial charge in [0.05, 0.1) is 38.6 Å². The highest BCUT2D eigenvalue weighted by Gasteiger charge is 2.39. The van der Waals surface area contributed by atoms with E-state index in [9.17, 15) is 13.5 Å². The van der Waals surface area contributed by atoms with Gasteiger partial charge in [0, 0.05) is 48.4 Å². The zero-order valence-electron chi connectivity index (χ0n) is 28.3. The lowest BCUT2D eigenvalue weighted by Gasteiger charge is -2.43. The molecule has 5 aromatic rings. The molecule has 4 atom stereocenters. The highest BCUT2D eigenvalue weighted by molar-refractivity contribution is 7.93. The molecule has 11 heteroatoms. The molecule has 1 aromatic heterocycles. The Kier molecular flexibility index (Phi) is 9.76. The predicted molar refractivity (Wildman–Crippen MR) is 190 cm³/mol. The van der Waals surface area contributed by atoms with Gasteiger partial charge in [-0.3, -0.25) is 14.6 Å². The fraction of sp³-hybridized carbons (Fsp3) is 0.308. The summed E-state index contributed by atoms with van der Waals surface area (Å²) in [5.74, 6) is 1.43. The van der Waals surface area contributed by atoms with Crippen LogP contribution in [0.1, 0.15) is 47.1 Å². The van der Waals surface area contributed by atoms with Crippen molar-refractivity contribution in [1.29, 1.82) is 0 Å². The Morgan fingerprint density at radius 2 is 1.64 bits per heavy atom. The van der Waals surface area contributed by atoms with E-state index in [1.165, 1.54) is 11.1 Å². The number of hydrogen-bond donors (Lipinski definition) is 2. The Morgan fingerprint density at radius 3 is 2.40 bits per heavy atom. The minimum Gasteiger partial charge on any atom is -0.493 e. The predicted octanol–water partition coefficient (Wildman–Crippen LogP) is 6.39. The van der Waals surface area contributed by atoms with Gasteiger partial charge in [-0.2, -0.15) is 0 Å². The molecule has 0 bridgehead atoms. The second-order valence-corrected chi connectivity index (χ2v) is 14.5. The summed E-state index contributed by atoms with van der Waals surface area (Å²) >= 11 is 0. The number of aromatic nitrogens is 1. The van der Waals surface area contributed by atoms with Crippen LogP contribution in [0.15, 0.2) is 102 Å². The summed E-state index contributed by atoms with van der Waals surface area (Å²) in [4.78, 5) is 6.83. The molecule has 7 rings (SSSR count). The first kappa shape index (κ1) is 34.0.